The van der Waals surface area contributed by atoms with E-state index in [0.717, 1.165) is 0 Å². The van der Waals surface area contributed by atoms with Crippen LogP contribution in [0, 0.1) is 22.9 Å². The maximum Gasteiger partial charge on any atom is 1.00 e. The van der Waals surface area contributed by atoms with Crippen molar-refractivity contribution in [1.82, 2.24) is 0 Å². The van der Waals surface area contributed by atoms with Crippen LogP contribution in [0.15, 0.2) is 4.99 Å². The Hall–Kier alpha value is 0.0864. The molecule has 4 nitrogen and oxygen atoms in total. The summed E-state index contributed by atoms with van der Waals surface area (Å²) in [5.41, 5.74) is 0. The molecule has 0 saturated carbocycles. The van der Waals surface area contributed by atoms with Crippen molar-refractivity contribution >= 4 is 5.84 Å². The Morgan fingerprint density at radius 1 is 1.56 bits per heavy atom. The Morgan fingerprint density at radius 3 is 2.44 bits per heavy atom. The molecule has 0 spiro atoms. The van der Waals surface area contributed by atoms with Crippen molar-refractivity contribution in [3.05, 3.63) is 5.32 Å². The smallest absolute Gasteiger partial charge is 0.386 e. The molecule has 0 N–H and O–H groups in total. The van der Waals surface area contributed by atoms with Gasteiger partial charge in [0.2, 0.25) is 0 Å². The van der Waals surface area contributed by atoms with Crippen LogP contribution in [0.25, 0.3) is 5.32 Å². The first-order valence-electron chi connectivity index (χ1n) is 1.84. The summed E-state index contributed by atoms with van der Waals surface area (Å²) < 4.78 is 0. The molecule has 0 fully saturated rings. The number of aliphatic imine (C=N–C) groups is 1. The molecule has 0 aliphatic rings. The summed E-state index contributed by atoms with van der Waals surface area (Å²) in [4.78, 5) is 3.15. The molecule has 0 aromatic rings. The van der Waals surface area contributed by atoms with E-state index in [1.54, 1.807) is 0 Å². The minimum atomic E-state index is 0. The second-order valence-electron chi connectivity index (χ2n) is 0.971. The van der Waals surface area contributed by atoms with E-state index in [0.29, 0.717) is 0 Å². The number of amidine groups is 1. The normalized spacial score (nSPS) is 8.11. The molecule has 0 atom stereocenters. The van der Waals surface area contributed by atoms with E-state index in [4.69, 9.17) is 10.5 Å². The fourth-order valence-corrected chi connectivity index (χ4v) is 0.170. The van der Waals surface area contributed by atoms with Crippen molar-refractivity contribution in [2.75, 3.05) is 0 Å². The molecule has 0 aliphatic carbocycles. The number of nitriles is 2. The van der Waals surface area contributed by atoms with Gasteiger partial charge in [0.15, 0.2) is 0 Å². The Kier molecular flexibility index (Phi) is 10.6. The second-order valence-corrected chi connectivity index (χ2v) is 0.971. The largest absolute Gasteiger partial charge is 1.00 e. The van der Waals surface area contributed by atoms with Crippen LogP contribution in [0.3, 0.4) is 0 Å². The average molecular weight is 146 g/mol. The molecule has 5 heteroatoms. The molecule has 0 heterocycles. The zero-order valence-electron chi connectivity index (χ0n) is 5.29. The Labute approximate surface area is 96.0 Å². The molecule has 0 unspecified atom stereocenters. The van der Waals surface area contributed by atoms with Crippen LogP contribution in [0.2, 0.25) is 0 Å². The van der Waals surface area contributed by atoms with E-state index in [9.17, 15) is 0 Å². The summed E-state index contributed by atoms with van der Waals surface area (Å²) in [6, 6.07) is 0. The third-order valence-electron chi connectivity index (χ3n) is 0.424. The van der Waals surface area contributed by atoms with Gasteiger partial charge >= 0.3 is 51.4 Å². The fraction of sp³-hybridized carbons (Fsp3) is 0.250. The summed E-state index contributed by atoms with van der Waals surface area (Å²) in [7, 11) is 0. The first-order valence-corrected chi connectivity index (χ1v) is 1.84. The van der Waals surface area contributed by atoms with Gasteiger partial charge in [0.1, 0.15) is 6.19 Å². The van der Waals surface area contributed by atoms with E-state index in [-0.39, 0.29) is 57.2 Å². The molecule has 0 saturated heterocycles. The molecule has 9 heavy (non-hydrogen) atoms. The van der Waals surface area contributed by atoms with Crippen molar-refractivity contribution < 1.29 is 51.4 Å². The molecule has 40 valence electrons. The summed E-state index contributed by atoms with van der Waals surface area (Å²) in [6.45, 7) is 1.48. The van der Waals surface area contributed by atoms with Gasteiger partial charge in [0.25, 0.3) is 0 Å². The van der Waals surface area contributed by atoms with Gasteiger partial charge in [-0.25, -0.2) is 0 Å². The van der Waals surface area contributed by atoms with Gasteiger partial charge < -0.3 is 10.6 Å². The Morgan fingerprint density at radius 2 is 2.11 bits per heavy atom. The Bertz CT molecular complexity index is 172. The minimum absolute atomic E-state index is 0. The summed E-state index contributed by atoms with van der Waals surface area (Å²) in [6.07, 6.45) is 2.99. The van der Waals surface area contributed by atoms with Crippen molar-refractivity contribution in [2.24, 2.45) is 4.99 Å². The van der Waals surface area contributed by atoms with Gasteiger partial charge in [-0.15, -0.1) is 0 Å². The third-order valence-corrected chi connectivity index (χ3v) is 0.424. The first kappa shape index (κ1) is 11.8. The molecule has 0 radical (unpaired) electrons. The minimum Gasteiger partial charge on any atom is -0.386 e. The molecule has 0 rings (SSSR count). The topological polar surface area (TPSA) is 74.0 Å². The molecular formula is C4H3KN4. The van der Waals surface area contributed by atoms with Gasteiger partial charge in [-0.3, -0.25) is 4.99 Å². The van der Waals surface area contributed by atoms with Crippen LogP contribution < -0.4 is 51.4 Å². The molecule has 0 aliphatic heterocycles. The summed E-state index contributed by atoms with van der Waals surface area (Å²) in [5, 5.41) is 18.9. The van der Waals surface area contributed by atoms with Crippen LogP contribution in [0.4, 0.5) is 0 Å². The fourth-order valence-electron chi connectivity index (χ4n) is 0.170. The number of hydrogen-bond donors (Lipinski definition) is 0. The quantitative estimate of drug-likeness (QED) is 0.167. The first-order chi connectivity index (χ1) is 3.81. The van der Waals surface area contributed by atoms with E-state index in [1.165, 1.54) is 19.3 Å². The molecule has 0 aromatic carbocycles. The average Bonchev–Trinajstić information content (AvgIpc) is 1.68. The van der Waals surface area contributed by atoms with E-state index < -0.39 is 0 Å². The number of rotatable bonds is 0. The summed E-state index contributed by atoms with van der Waals surface area (Å²) >= 11 is 0. The number of hydrogen-bond acceptors (Lipinski definition) is 3. The van der Waals surface area contributed by atoms with Crippen LogP contribution >= 0.6 is 0 Å². The van der Waals surface area contributed by atoms with Gasteiger partial charge in [-0.1, -0.05) is 0 Å². The zero-order chi connectivity index (χ0) is 6.41. The van der Waals surface area contributed by atoms with Gasteiger partial charge in [-0.2, -0.15) is 5.26 Å². The summed E-state index contributed by atoms with van der Waals surface area (Å²) in [5.74, 6) is 0.190. The SMILES string of the molecule is CC(=NC#N)[N-]C#N.[K+]. The van der Waals surface area contributed by atoms with Crippen molar-refractivity contribution in [3.63, 3.8) is 0 Å². The Balaban J connectivity index is 0. The van der Waals surface area contributed by atoms with Gasteiger partial charge in [0, 0.05) is 12.0 Å². The number of nitrogens with zero attached hydrogens (tertiary/aromatic N) is 4. The maximum absolute atomic E-state index is 7.86. The van der Waals surface area contributed by atoms with E-state index >= 15 is 0 Å². The van der Waals surface area contributed by atoms with Gasteiger partial charge in [-0.05, 0) is 6.92 Å². The van der Waals surface area contributed by atoms with E-state index in [2.05, 4.69) is 10.3 Å². The third kappa shape index (κ3) is 8.09. The van der Waals surface area contributed by atoms with Crippen molar-refractivity contribution in [2.45, 2.75) is 6.92 Å². The monoisotopic (exact) mass is 146 g/mol. The van der Waals surface area contributed by atoms with Crippen LogP contribution in [0.5, 0.6) is 0 Å². The van der Waals surface area contributed by atoms with E-state index in [1.807, 2.05) is 0 Å². The molecule has 0 amide bonds. The second kappa shape index (κ2) is 8.09. The van der Waals surface area contributed by atoms with Crippen molar-refractivity contribution in [3.8, 4) is 12.4 Å². The zero-order valence-corrected chi connectivity index (χ0v) is 8.41. The maximum atomic E-state index is 7.86. The molecule has 0 aromatic heterocycles. The van der Waals surface area contributed by atoms with Crippen molar-refractivity contribution in [1.29, 1.82) is 10.5 Å². The molecule has 0 bridgehead atoms. The van der Waals surface area contributed by atoms with Gasteiger partial charge in [0.05, 0.1) is 0 Å². The predicted molar refractivity (Wildman–Crippen MR) is 27.7 cm³/mol. The van der Waals surface area contributed by atoms with Crippen LogP contribution in [0.1, 0.15) is 6.92 Å². The standard InChI is InChI=1S/C4H3N4.K/c1-4(7-2-5)8-3-6;/h1H3;/q-1;+1. The van der Waals surface area contributed by atoms with Crippen LogP contribution in [-0.4, -0.2) is 5.84 Å². The predicted octanol–water partition coefficient (Wildman–Crippen LogP) is -2.26. The van der Waals surface area contributed by atoms with Crippen LogP contribution in [-0.2, 0) is 0 Å². The molecular weight excluding hydrogens is 143 g/mol.